The molecule has 1 aromatic heterocycles. The summed E-state index contributed by atoms with van der Waals surface area (Å²) in [6.07, 6.45) is 3.72. The van der Waals surface area contributed by atoms with E-state index in [1.165, 1.54) is 0 Å². The van der Waals surface area contributed by atoms with Gasteiger partial charge >= 0.3 is 0 Å². The smallest absolute Gasteiger partial charge is 0.263 e. The topological polar surface area (TPSA) is 51.1 Å². The van der Waals surface area contributed by atoms with E-state index < -0.39 is 0 Å². The summed E-state index contributed by atoms with van der Waals surface area (Å²) >= 11 is 2.14. The van der Waals surface area contributed by atoms with Crippen LogP contribution in [0.4, 0.5) is 0 Å². The average Bonchev–Trinajstić information content (AvgIpc) is 2.55. The van der Waals surface area contributed by atoms with Crippen molar-refractivity contribution in [1.82, 2.24) is 9.88 Å². The normalized spacial score (nSPS) is 12.0. The molecule has 0 aliphatic carbocycles. The minimum absolute atomic E-state index is 0.148. The molecule has 1 aromatic carbocycles. The van der Waals surface area contributed by atoms with Gasteiger partial charge in [0.05, 0.1) is 6.04 Å². The molecular weight excluding hydrogens is 403 g/mol. The van der Waals surface area contributed by atoms with Gasteiger partial charge in [0.15, 0.2) is 0 Å². The maximum Gasteiger partial charge on any atom is 0.263 e. The maximum atomic E-state index is 12.5. The number of hydrogen-bond donors (Lipinski definition) is 1. The number of amides is 1. The van der Waals surface area contributed by atoms with Gasteiger partial charge in [0.25, 0.3) is 11.5 Å². The van der Waals surface area contributed by atoms with Gasteiger partial charge < -0.3 is 9.88 Å². The van der Waals surface area contributed by atoms with E-state index >= 15 is 0 Å². The lowest BCUT2D eigenvalue weighted by molar-refractivity contribution is 0.0937. The van der Waals surface area contributed by atoms with Crippen LogP contribution < -0.4 is 10.9 Å². The van der Waals surface area contributed by atoms with Crippen LogP contribution in [-0.2, 0) is 6.54 Å². The third-order valence-corrected chi connectivity index (χ3v) is 4.29. The summed E-state index contributed by atoms with van der Waals surface area (Å²) in [5.74, 6) is -0.324. The third-order valence-electron chi connectivity index (χ3n) is 3.70. The van der Waals surface area contributed by atoms with Gasteiger partial charge in [-0.1, -0.05) is 43.7 Å². The zero-order valence-electron chi connectivity index (χ0n) is 13.4. The summed E-state index contributed by atoms with van der Waals surface area (Å²) in [6, 6.07) is 11.2. The van der Waals surface area contributed by atoms with Crippen LogP contribution in [0, 0.1) is 3.57 Å². The van der Waals surface area contributed by atoms with Crippen molar-refractivity contribution < 1.29 is 4.79 Å². The molecule has 2 aromatic rings. The first kappa shape index (κ1) is 17.7. The van der Waals surface area contributed by atoms with Crippen LogP contribution in [0.15, 0.2) is 47.4 Å². The van der Waals surface area contributed by atoms with E-state index in [2.05, 4.69) is 34.8 Å². The molecule has 1 atom stereocenters. The summed E-state index contributed by atoms with van der Waals surface area (Å²) in [6.45, 7) is 4.63. The van der Waals surface area contributed by atoms with E-state index in [9.17, 15) is 9.59 Å². The summed E-state index contributed by atoms with van der Waals surface area (Å²) in [7, 11) is 0. The van der Waals surface area contributed by atoms with Gasteiger partial charge in [-0.15, -0.1) is 0 Å². The molecule has 1 N–H and O–H groups in total. The zero-order valence-corrected chi connectivity index (χ0v) is 15.5. The summed E-state index contributed by atoms with van der Waals surface area (Å²) in [5.41, 5.74) is 0.991. The molecule has 5 heteroatoms. The average molecular weight is 424 g/mol. The Hall–Kier alpha value is -1.63. The maximum absolute atomic E-state index is 12.5. The van der Waals surface area contributed by atoms with Crippen LogP contribution in [0.5, 0.6) is 0 Å². The van der Waals surface area contributed by atoms with Crippen LogP contribution in [0.3, 0.4) is 0 Å². The molecule has 0 saturated carbocycles. The Kier molecular flexibility index (Phi) is 6.38. The molecule has 0 fully saturated rings. The number of halogens is 1. The predicted molar refractivity (Wildman–Crippen MR) is 101 cm³/mol. The Morgan fingerprint density at radius 1 is 1.30 bits per heavy atom. The van der Waals surface area contributed by atoms with Crippen molar-refractivity contribution in [3.8, 4) is 0 Å². The van der Waals surface area contributed by atoms with Crippen molar-refractivity contribution in [3.05, 3.63) is 67.6 Å². The number of nitrogens with zero attached hydrogens (tertiary/aromatic N) is 1. The highest BCUT2D eigenvalue weighted by molar-refractivity contribution is 14.1. The first-order valence-corrected chi connectivity index (χ1v) is 8.86. The number of carbonyl (C=O) groups is 1. The fourth-order valence-corrected chi connectivity index (χ4v) is 3.00. The summed E-state index contributed by atoms with van der Waals surface area (Å²) in [5, 5.41) is 2.91. The molecule has 1 heterocycles. The minimum atomic E-state index is -0.324. The van der Waals surface area contributed by atoms with E-state index in [4.69, 9.17) is 0 Å². The van der Waals surface area contributed by atoms with E-state index in [0.717, 1.165) is 22.0 Å². The zero-order chi connectivity index (χ0) is 16.8. The molecule has 4 nitrogen and oxygen atoms in total. The second-order valence-corrected chi connectivity index (χ2v) is 6.78. The van der Waals surface area contributed by atoms with Gasteiger partial charge in [-0.3, -0.25) is 9.59 Å². The van der Waals surface area contributed by atoms with Gasteiger partial charge in [-0.2, -0.15) is 0 Å². The number of unbranched alkanes of at least 4 members (excludes halogenated alkanes) is 1. The van der Waals surface area contributed by atoms with E-state index in [1.54, 1.807) is 16.8 Å². The quantitative estimate of drug-likeness (QED) is 0.719. The molecule has 1 amide bonds. The summed E-state index contributed by atoms with van der Waals surface area (Å²) < 4.78 is 2.52. The van der Waals surface area contributed by atoms with Crippen molar-refractivity contribution in [2.45, 2.75) is 39.3 Å². The molecule has 0 spiro atoms. The molecule has 1 unspecified atom stereocenters. The third kappa shape index (κ3) is 4.67. The first-order chi connectivity index (χ1) is 11.0. The van der Waals surface area contributed by atoms with Gasteiger partial charge in [0, 0.05) is 16.3 Å². The molecule has 0 radical (unpaired) electrons. The first-order valence-electron chi connectivity index (χ1n) is 7.78. The van der Waals surface area contributed by atoms with Crippen LogP contribution >= 0.6 is 22.6 Å². The molecule has 23 heavy (non-hydrogen) atoms. The van der Waals surface area contributed by atoms with Crippen LogP contribution in [0.1, 0.15) is 48.7 Å². The van der Waals surface area contributed by atoms with Crippen molar-refractivity contribution in [2.24, 2.45) is 0 Å². The highest BCUT2D eigenvalue weighted by Crippen LogP contribution is 2.12. The SMILES string of the molecule is CCCCn1cc(I)cc(C(=O)NC(C)c2ccccc2)c1=O. The lowest BCUT2D eigenvalue weighted by Crippen LogP contribution is -2.34. The molecule has 2 rings (SSSR count). The predicted octanol–water partition coefficient (Wildman–Crippen LogP) is 3.74. The van der Waals surface area contributed by atoms with Crippen LogP contribution in [-0.4, -0.2) is 10.5 Å². The second-order valence-electron chi connectivity index (χ2n) is 5.53. The fourth-order valence-electron chi connectivity index (χ4n) is 2.36. The second kappa shape index (κ2) is 8.29. The number of aromatic nitrogens is 1. The molecule has 0 bridgehead atoms. The molecule has 0 aliphatic heterocycles. The van der Waals surface area contributed by atoms with E-state index in [0.29, 0.717) is 6.54 Å². The lowest BCUT2D eigenvalue weighted by atomic mass is 10.1. The van der Waals surface area contributed by atoms with Gasteiger partial charge in [0.1, 0.15) is 5.56 Å². The number of hydrogen-bond acceptors (Lipinski definition) is 2. The van der Waals surface area contributed by atoms with E-state index in [1.807, 2.05) is 37.3 Å². The fraction of sp³-hybridized carbons (Fsp3) is 0.333. The number of benzene rings is 1. The Balaban J connectivity index is 2.22. The lowest BCUT2D eigenvalue weighted by Gasteiger charge is -2.15. The Morgan fingerprint density at radius 3 is 2.65 bits per heavy atom. The standard InChI is InChI=1S/C18H21IN2O2/c1-3-4-10-21-12-15(19)11-16(18(21)23)17(22)20-13(2)14-8-6-5-7-9-14/h5-9,11-13H,3-4,10H2,1-2H3,(H,20,22). The molecule has 122 valence electrons. The molecular formula is C18H21IN2O2. The van der Waals surface area contributed by atoms with Gasteiger partial charge in [-0.05, 0) is 47.6 Å². The molecule has 0 aliphatic rings. The highest BCUT2D eigenvalue weighted by Gasteiger charge is 2.16. The summed E-state index contributed by atoms with van der Waals surface area (Å²) in [4.78, 5) is 25.0. The number of rotatable bonds is 6. The number of carbonyl (C=O) groups excluding carboxylic acids is 1. The minimum Gasteiger partial charge on any atom is -0.345 e. The van der Waals surface area contributed by atoms with Gasteiger partial charge in [-0.25, -0.2) is 0 Å². The van der Waals surface area contributed by atoms with Crippen molar-refractivity contribution in [3.63, 3.8) is 0 Å². The highest BCUT2D eigenvalue weighted by atomic mass is 127. The van der Waals surface area contributed by atoms with Crippen LogP contribution in [0.25, 0.3) is 0 Å². The Bertz CT molecular complexity index is 726. The van der Waals surface area contributed by atoms with Gasteiger partial charge in [0.2, 0.25) is 0 Å². The Morgan fingerprint density at radius 2 is 2.00 bits per heavy atom. The Labute approximate surface area is 150 Å². The largest absolute Gasteiger partial charge is 0.345 e. The van der Waals surface area contributed by atoms with Crippen molar-refractivity contribution in [2.75, 3.05) is 0 Å². The number of nitrogens with one attached hydrogen (secondary N) is 1. The van der Waals surface area contributed by atoms with E-state index in [-0.39, 0.29) is 23.1 Å². The number of pyridine rings is 1. The van der Waals surface area contributed by atoms with Crippen molar-refractivity contribution in [1.29, 1.82) is 0 Å². The van der Waals surface area contributed by atoms with Crippen molar-refractivity contribution >= 4 is 28.5 Å². The molecule has 0 saturated heterocycles. The monoisotopic (exact) mass is 424 g/mol. The number of aryl methyl sites for hydroxylation is 1. The van der Waals surface area contributed by atoms with Crippen LogP contribution in [0.2, 0.25) is 0 Å².